The molecule has 136 valence electrons. The van der Waals surface area contributed by atoms with Gasteiger partial charge in [-0.25, -0.2) is 4.79 Å². The van der Waals surface area contributed by atoms with Crippen LogP contribution in [0.2, 0.25) is 5.02 Å². The van der Waals surface area contributed by atoms with Gasteiger partial charge in [0, 0.05) is 24.4 Å². The second-order valence-corrected chi connectivity index (χ2v) is 6.72. The van der Waals surface area contributed by atoms with E-state index in [0.29, 0.717) is 35.8 Å². The Morgan fingerprint density at radius 2 is 2.00 bits per heavy atom. The van der Waals surface area contributed by atoms with Gasteiger partial charge in [0.05, 0.1) is 12.1 Å². The molecule has 1 amide bonds. The van der Waals surface area contributed by atoms with Gasteiger partial charge in [-0.2, -0.15) is 0 Å². The average Bonchev–Trinajstić information content (AvgIpc) is 3.08. The summed E-state index contributed by atoms with van der Waals surface area (Å²) in [5.74, 6) is -0.251. The van der Waals surface area contributed by atoms with Crippen LogP contribution in [0.25, 0.3) is 0 Å². The molecular formula is C20H20ClNO4. The molecule has 1 N–H and O–H groups in total. The van der Waals surface area contributed by atoms with Crippen molar-refractivity contribution in [3.8, 4) is 5.75 Å². The zero-order valence-electron chi connectivity index (χ0n) is 14.2. The Hall–Kier alpha value is -2.53. The normalized spacial score (nSPS) is 16.5. The van der Waals surface area contributed by atoms with Crippen molar-refractivity contribution in [1.29, 1.82) is 0 Å². The van der Waals surface area contributed by atoms with E-state index in [2.05, 4.69) is 0 Å². The summed E-state index contributed by atoms with van der Waals surface area (Å²) in [4.78, 5) is 25.5. The molecule has 2 aromatic carbocycles. The predicted molar refractivity (Wildman–Crippen MR) is 98.8 cm³/mol. The smallest absolute Gasteiger partial charge is 0.335 e. The second-order valence-electron chi connectivity index (χ2n) is 6.29. The number of carboxylic acid groups (broad SMARTS) is 1. The number of carboxylic acids is 1. The highest BCUT2D eigenvalue weighted by Gasteiger charge is 2.27. The number of aromatic carboxylic acids is 1. The number of hydrogen-bond acceptors (Lipinski definition) is 3. The zero-order chi connectivity index (χ0) is 18.5. The van der Waals surface area contributed by atoms with Crippen LogP contribution in [0, 0.1) is 0 Å². The quantitative estimate of drug-likeness (QED) is 0.839. The van der Waals surface area contributed by atoms with E-state index in [1.54, 1.807) is 41.3 Å². The van der Waals surface area contributed by atoms with Crippen LogP contribution >= 0.6 is 11.6 Å². The Bertz CT molecular complexity index is 808. The number of carbonyl (C=O) groups excluding carboxylic acids is 1. The first kappa shape index (κ1) is 18.3. The van der Waals surface area contributed by atoms with E-state index in [1.807, 2.05) is 12.1 Å². The van der Waals surface area contributed by atoms with Gasteiger partial charge in [0.25, 0.3) is 0 Å². The minimum absolute atomic E-state index is 0.0161. The van der Waals surface area contributed by atoms with Crippen molar-refractivity contribution in [2.24, 2.45) is 0 Å². The van der Waals surface area contributed by atoms with Crippen LogP contribution in [-0.4, -0.2) is 41.1 Å². The molecule has 26 heavy (non-hydrogen) atoms. The molecule has 1 unspecified atom stereocenters. The molecule has 0 radical (unpaired) electrons. The third kappa shape index (κ3) is 4.55. The Kier molecular flexibility index (Phi) is 5.78. The van der Waals surface area contributed by atoms with E-state index in [1.165, 1.54) is 0 Å². The molecule has 1 heterocycles. The Balaban J connectivity index is 1.53. The fourth-order valence-corrected chi connectivity index (χ4v) is 3.31. The maximum Gasteiger partial charge on any atom is 0.335 e. The lowest BCUT2D eigenvalue weighted by atomic mass is 10.0. The van der Waals surface area contributed by atoms with E-state index < -0.39 is 5.97 Å². The number of rotatable bonds is 6. The molecule has 5 nitrogen and oxygen atoms in total. The first-order valence-corrected chi connectivity index (χ1v) is 8.92. The molecular weight excluding hydrogens is 354 g/mol. The largest absolute Gasteiger partial charge is 0.488 e. The van der Waals surface area contributed by atoms with Gasteiger partial charge in [-0.1, -0.05) is 35.9 Å². The topological polar surface area (TPSA) is 66.8 Å². The van der Waals surface area contributed by atoms with E-state index >= 15 is 0 Å². The summed E-state index contributed by atoms with van der Waals surface area (Å²) in [5.41, 5.74) is 0.933. The molecule has 0 aliphatic carbocycles. The lowest BCUT2D eigenvalue weighted by Crippen LogP contribution is -2.31. The number of ether oxygens (including phenoxy) is 1. The first-order valence-electron chi connectivity index (χ1n) is 8.54. The lowest BCUT2D eigenvalue weighted by Gasteiger charge is -2.17. The number of amides is 1. The Morgan fingerprint density at radius 1 is 1.19 bits per heavy atom. The monoisotopic (exact) mass is 373 g/mol. The lowest BCUT2D eigenvalue weighted by molar-refractivity contribution is -0.130. The molecule has 3 rings (SSSR count). The Morgan fingerprint density at radius 3 is 2.77 bits per heavy atom. The molecule has 0 saturated carbocycles. The fourth-order valence-electron chi connectivity index (χ4n) is 3.13. The molecule has 2 aromatic rings. The van der Waals surface area contributed by atoms with Crippen LogP contribution in [0.1, 0.15) is 28.8 Å². The van der Waals surface area contributed by atoms with Gasteiger partial charge in [0.1, 0.15) is 11.9 Å². The molecule has 6 heteroatoms. The van der Waals surface area contributed by atoms with Crippen molar-refractivity contribution in [1.82, 2.24) is 4.90 Å². The van der Waals surface area contributed by atoms with Gasteiger partial charge in [0.2, 0.25) is 5.91 Å². The predicted octanol–water partition coefficient (Wildman–Crippen LogP) is 3.65. The number of benzene rings is 2. The molecule has 1 saturated heterocycles. The standard InChI is InChI=1S/C20H20ClNO4/c21-15-5-3-6-16(12-15)26-17-10-11-22(13-17)19(23)9-8-14-4-1-2-7-18(14)20(24)25/h1-7,12,17H,8-11,13H2,(H,24,25). The number of likely N-dealkylation sites (tertiary alicyclic amines) is 1. The molecule has 0 aromatic heterocycles. The summed E-state index contributed by atoms with van der Waals surface area (Å²) in [5, 5.41) is 9.83. The maximum absolute atomic E-state index is 12.5. The molecule has 1 fully saturated rings. The molecule has 0 bridgehead atoms. The molecule has 1 aliphatic rings. The van der Waals surface area contributed by atoms with Gasteiger partial charge >= 0.3 is 5.97 Å². The molecule has 0 spiro atoms. The van der Waals surface area contributed by atoms with Gasteiger partial charge in [-0.05, 0) is 36.2 Å². The first-order chi connectivity index (χ1) is 12.5. The summed E-state index contributed by atoms with van der Waals surface area (Å²) in [6.45, 7) is 1.18. The van der Waals surface area contributed by atoms with Gasteiger partial charge in [-0.15, -0.1) is 0 Å². The zero-order valence-corrected chi connectivity index (χ0v) is 15.0. The van der Waals surface area contributed by atoms with Crippen molar-refractivity contribution in [2.45, 2.75) is 25.4 Å². The number of hydrogen-bond donors (Lipinski definition) is 1. The van der Waals surface area contributed by atoms with Gasteiger partial charge in [-0.3, -0.25) is 4.79 Å². The van der Waals surface area contributed by atoms with Gasteiger partial charge < -0.3 is 14.7 Å². The average molecular weight is 374 g/mol. The summed E-state index contributed by atoms with van der Waals surface area (Å²) >= 11 is 5.96. The van der Waals surface area contributed by atoms with E-state index in [4.69, 9.17) is 16.3 Å². The van der Waals surface area contributed by atoms with Crippen molar-refractivity contribution in [3.05, 3.63) is 64.7 Å². The van der Waals surface area contributed by atoms with Crippen LogP contribution in [0.4, 0.5) is 0 Å². The number of halogens is 1. The van der Waals surface area contributed by atoms with Crippen molar-refractivity contribution < 1.29 is 19.4 Å². The highest BCUT2D eigenvalue weighted by molar-refractivity contribution is 6.30. The highest BCUT2D eigenvalue weighted by atomic mass is 35.5. The van der Waals surface area contributed by atoms with Crippen LogP contribution in [0.15, 0.2) is 48.5 Å². The summed E-state index contributed by atoms with van der Waals surface area (Å²) in [6, 6.07) is 14.0. The van der Waals surface area contributed by atoms with Crippen molar-refractivity contribution in [2.75, 3.05) is 13.1 Å². The maximum atomic E-state index is 12.5. The van der Waals surface area contributed by atoms with Gasteiger partial charge in [0.15, 0.2) is 0 Å². The van der Waals surface area contributed by atoms with Crippen LogP contribution < -0.4 is 4.74 Å². The van der Waals surface area contributed by atoms with E-state index in [-0.39, 0.29) is 24.0 Å². The highest BCUT2D eigenvalue weighted by Crippen LogP contribution is 2.22. The number of aryl methyl sites for hydroxylation is 1. The summed E-state index contributed by atoms with van der Waals surface area (Å²) in [6.07, 6.45) is 1.42. The SMILES string of the molecule is O=C(O)c1ccccc1CCC(=O)N1CCC(Oc2cccc(Cl)c2)C1. The minimum Gasteiger partial charge on any atom is -0.488 e. The fraction of sp³-hybridized carbons (Fsp3) is 0.300. The van der Waals surface area contributed by atoms with Crippen molar-refractivity contribution in [3.63, 3.8) is 0 Å². The third-order valence-electron chi connectivity index (χ3n) is 4.45. The summed E-state index contributed by atoms with van der Waals surface area (Å²) < 4.78 is 5.89. The van der Waals surface area contributed by atoms with Crippen LogP contribution in [0.3, 0.4) is 0 Å². The number of nitrogens with zero attached hydrogens (tertiary/aromatic N) is 1. The minimum atomic E-state index is -0.968. The van der Waals surface area contributed by atoms with E-state index in [9.17, 15) is 14.7 Å². The number of carbonyl (C=O) groups is 2. The summed E-state index contributed by atoms with van der Waals surface area (Å²) in [7, 11) is 0. The molecule has 1 aliphatic heterocycles. The van der Waals surface area contributed by atoms with E-state index in [0.717, 1.165) is 6.42 Å². The molecule has 1 atom stereocenters. The Labute approximate surface area is 157 Å². The second kappa shape index (κ2) is 8.23. The third-order valence-corrected chi connectivity index (χ3v) is 4.69. The van der Waals surface area contributed by atoms with Crippen molar-refractivity contribution >= 4 is 23.5 Å². The van der Waals surface area contributed by atoms with Crippen LogP contribution in [0.5, 0.6) is 5.75 Å². The van der Waals surface area contributed by atoms with Crippen LogP contribution in [-0.2, 0) is 11.2 Å².